The third-order valence-electron chi connectivity index (χ3n) is 3.16. The lowest BCUT2D eigenvalue weighted by Gasteiger charge is -2.48. The molecule has 0 saturated heterocycles. The van der Waals surface area contributed by atoms with Crippen molar-refractivity contribution in [1.82, 2.24) is 0 Å². The molecule has 3 unspecified atom stereocenters. The molecule has 2 N–H and O–H groups in total. The first kappa shape index (κ1) is 6.95. The van der Waals surface area contributed by atoms with Crippen molar-refractivity contribution in [2.24, 2.45) is 22.6 Å². The van der Waals surface area contributed by atoms with Gasteiger partial charge in [-0.2, -0.15) is 0 Å². The number of hydrogen-bond acceptors (Lipinski definition) is 3. The summed E-state index contributed by atoms with van der Waals surface area (Å²) in [5.74, 6) is 1.36. The average molecular weight is 154 g/mol. The minimum Gasteiger partial charge on any atom is -0.457 e. The summed E-state index contributed by atoms with van der Waals surface area (Å²) in [6, 6.07) is 0.378. The molecule has 0 aromatic carbocycles. The van der Waals surface area contributed by atoms with Crippen LogP contribution in [0.1, 0.15) is 20.3 Å². The van der Waals surface area contributed by atoms with E-state index < -0.39 is 0 Å². The van der Waals surface area contributed by atoms with Gasteiger partial charge in [-0.1, -0.05) is 13.8 Å². The van der Waals surface area contributed by atoms with Gasteiger partial charge in [-0.3, -0.25) is 0 Å². The molecule has 1 heterocycles. The van der Waals surface area contributed by atoms with Gasteiger partial charge in [-0.05, 0) is 12.3 Å². The zero-order valence-corrected chi connectivity index (χ0v) is 7.00. The van der Waals surface area contributed by atoms with E-state index in [1.54, 1.807) is 0 Å². The van der Waals surface area contributed by atoms with Crippen molar-refractivity contribution < 1.29 is 4.74 Å². The lowest BCUT2D eigenvalue weighted by Crippen LogP contribution is -2.54. The van der Waals surface area contributed by atoms with Gasteiger partial charge in [-0.25, -0.2) is 4.99 Å². The maximum atomic E-state index is 5.50. The van der Waals surface area contributed by atoms with Gasteiger partial charge >= 0.3 is 0 Å². The molecule has 0 aromatic rings. The average Bonchev–Trinajstić information content (AvgIpc) is 2.34. The second-order valence-electron chi connectivity index (χ2n) is 3.79. The molecule has 0 aromatic heterocycles. The number of aliphatic imine (C=N–C) groups is 1. The molecule has 3 heteroatoms. The monoisotopic (exact) mass is 154 g/mol. The van der Waals surface area contributed by atoms with Crippen LogP contribution in [0.2, 0.25) is 0 Å². The second-order valence-corrected chi connectivity index (χ2v) is 3.79. The van der Waals surface area contributed by atoms with E-state index >= 15 is 0 Å². The quantitative estimate of drug-likeness (QED) is 0.559. The summed E-state index contributed by atoms with van der Waals surface area (Å²) >= 11 is 0. The number of nitrogens with two attached hydrogens (primary N) is 1. The van der Waals surface area contributed by atoms with Crippen molar-refractivity contribution in [3.05, 3.63) is 0 Å². The molecule has 1 fully saturated rings. The summed E-state index contributed by atoms with van der Waals surface area (Å²) in [4.78, 5) is 4.07. The number of amidine groups is 1. The van der Waals surface area contributed by atoms with Crippen LogP contribution < -0.4 is 5.73 Å². The van der Waals surface area contributed by atoms with E-state index in [9.17, 15) is 0 Å². The highest BCUT2D eigenvalue weighted by atomic mass is 16.5. The van der Waals surface area contributed by atoms with Crippen molar-refractivity contribution in [2.75, 3.05) is 6.54 Å². The molecule has 1 saturated carbocycles. The van der Waals surface area contributed by atoms with Gasteiger partial charge in [0.25, 0.3) is 6.02 Å². The normalized spacial score (nSPS) is 48.4. The van der Waals surface area contributed by atoms with Crippen LogP contribution in [0.5, 0.6) is 0 Å². The van der Waals surface area contributed by atoms with Crippen molar-refractivity contribution in [3.63, 3.8) is 0 Å². The Hall–Kier alpha value is -0.730. The maximum Gasteiger partial charge on any atom is 0.282 e. The fourth-order valence-electron chi connectivity index (χ4n) is 2.09. The molecule has 0 amide bonds. The van der Waals surface area contributed by atoms with Gasteiger partial charge in [-0.15, -0.1) is 0 Å². The molecule has 0 bridgehead atoms. The lowest BCUT2D eigenvalue weighted by molar-refractivity contribution is -0.0913. The minimum atomic E-state index is -0.0104. The third-order valence-corrected chi connectivity index (χ3v) is 3.16. The SMILES string of the molecule is CC1CC2(CN=C(N)O2)C1C. The Morgan fingerprint density at radius 1 is 1.64 bits per heavy atom. The molecular formula is C8H14N2O. The van der Waals surface area contributed by atoms with E-state index in [2.05, 4.69) is 18.8 Å². The molecule has 2 rings (SSSR count). The molecule has 11 heavy (non-hydrogen) atoms. The molecule has 2 aliphatic rings. The predicted molar refractivity (Wildman–Crippen MR) is 43.3 cm³/mol. The Labute approximate surface area is 66.6 Å². The van der Waals surface area contributed by atoms with Gasteiger partial charge in [0.1, 0.15) is 5.60 Å². The van der Waals surface area contributed by atoms with Crippen LogP contribution in [0.25, 0.3) is 0 Å². The van der Waals surface area contributed by atoms with Crippen molar-refractivity contribution in [1.29, 1.82) is 0 Å². The number of ether oxygens (including phenoxy) is 1. The number of hydrogen-bond donors (Lipinski definition) is 1. The minimum absolute atomic E-state index is 0.0104. The molecular weight excluding hydrogens is 140 g/mol. The van der Waals surface area contributed by atoms with Crippen LogP contribution in [-0.2, 0) is 4.74 Å². The van der Waals surface area contributed by atoms with Gasteiger partial charge in [0.2, 0.25) is 0 Å². The molecule has 0 radical (unpaired) electrons. The molecule has 3 nitrogen and oxygen atoms in total. The summed E-state index contributed by atoms with van der Waals surface area (Å²) in [6.45, 7) is 5.22. The van der Waals surface area contributed by atoms with E-state index in [4.69, 9.17) is 10.5 Å². The number of rotatable bonds is 0. The van der Waals surface area contributed by atoms with Gasteiger partial charge in [0, 0.05) is 5.92 Å². The van der Waals surface area contributed by atoms with Crippen LogP contribution in [0.3, 0.4) is 0 Å². The van der Waals surface area contributed by atoms with E-state index in [0.717, 1.165) is 18.9 Å². The van der Waals surface area contributed by atoms with Crippen LogP contribution in [0, 0.1) is 11.8 Å². The molecule has 3 atom stereocenters. The summed E-state index contributed by atoms with van der Waals surface area (Å²) in [5, 5.41) is 0. The highest BCUT2D eigenvalue weighted by Gasteiger charge is 2.53. The standard InChI is InChI=1S/C8H14N2O/c1-5-3-8(6(5)2)4-10-7(9)11-8/h5-6H,3-4H2,1-2H3,(H2,9,10). The van der Waals surface area contributed by atoms with Crippen molar-refractivity contribution in [2.45, 2.75) is 25.9 Å². The highest BCUT2D eigenvalue weighted by Crippen LogP contribution is 2.47. The smallest absolute Gasteiger partial charge is 0.282 e. The van der Waals surface area contributed by atoms with Gasteiger partial charge in [0.15, 0.2) is 0 Å². The summed E-state index contributed by atoms with van der Waals surface area (Å²) in [6.07, 6.45) is 1.11. The Balaban J connectivity index is 2.07. The van der Waals surface area contributed by atoms with Crippen LogP contribution in [0.4, 0.5) is 0 Å². The molecule has 1 spiro atoms. The van der Waals surface area contributed by atoms with E-state index in [1.165, 1.54) is 0 Å². The van der Waals surface area contributed by atoms with Crippen LogP contribution in [-0.4, -0.2) is 18.2 Å². The molecule has 1 aliphatic heterocycles. The number of nitrogens with zero attached hydrogens (tertiary/aromatic N) is 1. The van der Waals surface area contributed by atoms with Crippen molar-refractivity contribution >= 4 is 6.02 Å². The predicted octanol–water partition coefficient (Wildman–Crippen LogP) is 0.746. The topological polar surface area (TPSA) is 47.6 Å². The Morgan fingerprint density at radius 2 is 2.36 bits per heavy atom. The highest BCUT2D eigenvalue weighted by molar-refractivity contribution is 5.74. The Kier molecular flexibility index (Phi) is 1.20. The fourth-order valence-corrected chi connectivity index (χ4v) is 2.09. The summed E-state index contributed by atoms with van der Waals surface area (Å²) < 4.78 is 5.50. The summed E-state index contributed by atoms with van der Waals surface area (Å²) in [5.41, 5.74) is 5.44. The first-order valence-electron chi connectivity index (χ1n) is 4.13. The first-order chi connectivity index (χ1) is 5.14. The van der Waals surface area contributed by atoms with Crippen LogP contribution >= 0.6 is 0 Å². The second kappa shape index (κ2) is 1.90. The maximum absolute atomic E-state index is 5.50. The van der Waals surface area contributed by atoms with Crippen LogP contribution in [0.15, 0.2) is 4.99 Å². The van der Waals surface area contributed by atoms with E-state index in [0.29, 0.717) is 11.9 Å². The zero-order chi connectivity index (χ0) is 8.06. The van der Waals surface area contributed by atoms with E-state index in [1.807, 2.05) is 0 Å². The van der Waals surface area contributed by atoms with Crippen molar-refractivity contribution in [3.8, 4) is 0 Å². The third kappa shape index (κ3) is 0.767. The summed E-state index contributed by atoms with van der Waals surface area (Å²) in [7, 11) is 0. The fraction of sp³-hybridized carbons (Fsp3) is 0.875. The van der Waals surface area contributed by atoms with E-state index in [-0.39, 0.29) is 5.60 Å². The Morgan fingerprint density at radius 3 is 2.73 bits per heavy atom. The molecule has 1 aliphatic carbocycles. The van der Waals surface area contributed by atoms with Gasteiger partial charge in [0.05, 0.1) is 6.54 Å². The van der Waals surface area contributed by atoms with Gasteiger partial charge < -0.3 is 10.5 Å². The first-order valence-corrected chi connectivity index (χ1v) is 4.13. The Bertz CT molecular complexity index is 214. The zero-order valence-electron chi connectivity index (χ0n) is 7.00. The molecule has 62 valence electrons. The lowest BCUT2D eigenvalue weighted by atomic mass is 9.63. The largest absolute Gasteiger partial charge is 0.457 e.